The number of ether oxygens (including phenoxy) is 2. The van der Waals surface area contributed by atoms with Gasteiger partial charge in [0, 0.05) is 0 Å². The van der Waals surface area contributed by atoms with E-state index in [4.69, 9.17) is 9.29 Å². The van der Waals surface area contributed by atoms with E-state index in [9.17, 15) is 26.8 Å². The van der Waals surface area contributed by atoms with Crippen LogP contribution in [-0.2, 0) is 29.2 Å². The lowest BCUT2D eigenvalue weighted by molar-refractivity contribution is -0.171. The first-order valence-electron chi connectivity index (χ1n) is 6.29. The summed E-state index contributed by atoms with van der Waals surface area (Å²) >= 11 is 0. The second-order valence-electron chi connectivity index (χ2n) is 4.77. The van der Waals surface area contributed by atoms with E-state index in [-0.39, 0.29) is 6.10 Å². The first-order valence-corrected chi connectivity index (χ1v) is 7.73. The second-order valence-corrected chi connectivity index (χ2v) is 6.23. The smallest absolute Gasteiger partial charge is 0.460 e. The van der Waals surface area contributed by atoms with Crippen molar-refractivity contribution in [3.05, 3.63) is 0 Å². The maximum absolute atomic E-state index is 12.8. The number of rotatable bonds is 6. The molecule has 0 aromatic rings. The van der Waals surface area contributed by atoms with Crippen molar-refractivity contribution in [1.82, 2.24) is 0 Å². The number of hydrogen-bond acceptors (Lipinski definition) is 6. The highest BCUT2D eigenvalue weighted by Crippen LogP contribution is 2.30. The average Bonchev–Trinajstić information content (AvgIpc) is 2.82. The van der Waals surface area contributed by atoms with Crippen LogP contribution in [0.5, 0.6) is 0 Å². The van der Waals surface area contributed by atoms with Crippen LogP contribution in [0.25, 0.3) is 0 Å². The van der Waals surface area contributed by atoms with Crippen molar-refractivity contribution in [3.8, 4) is 0 Å². The summed E-state index contributed by atoms with van der Waals surface area (Å²) in [5, 5.41) is -5.12. The monoisotopic (exact) mass is 330 g/mol. The third-order valence-electron chi connectivity index (χ3n) is 3.25. The van der Waals surface area contributed by atoms with Gasteiger partial charge in [0.1, 0.15) is 6.10 Å². The Labute approximate surface area is 120 Å². The molecule has 0 saturated heterocycles. The average molecular weight is 330 g/mol. The number of esters is 2. The SMILES string of the molecule is CCC1CCC(OC(=O)COC(=O)C(F)(F)S(=O)(=O)O)C1. The summed E-state index contributed by atoms with van der Waals surface area (Å²) < 4.78 is 63.1. The molecule has 0 radical (unpaired) electrons. The molecule has 0 amide bonds. The molecule has 1 saturated carbocycles. The Morgan fingerprint density at radius 2 is 1.95 bits per heavy atom. The molecule has 0 bridgehead atoms. The molecular formula is C11H16F2O7S. The van der Waals surface area contributed by atoms with Crippen LogP contribution in [0.2, 0.25) is 0 Å². The molecule has 0 aromatic heterocycles. The first kappa shape index (κ1) is 17.8. The van der Waals surface area contributed by atoms with Crippen LogP contribution < -0.4 is 0 Å². The lowest BCUT2D eigenvalue weighted by Crippen LogP contribution is -2.40. The van der Waals surface area contributed by atoms with Crippen molar-refractivity contribution in [1.29, 1.82) is 0 Å². The van der Waals surface area contributed by atoms with Crippen molar-refractivity contribution >= 4 is 22.1 Å². The van der Waals surface area contributed by atoms with Gasteiger partial charge in [-0.3, -0.25) is 4.55 Å². The Hall–Kier alpha value is -1.29. The third kappa shape index (κ3) is 4.60. The van der Waals surface area contributed by atoms with Crippen LogP contribution in [-0.4, -0.2) is 42.9 Å². The van der Waals surface area contributed by atoms with Crippen molar-refractivity contribution in [2.24, 2.45) is 5.92 Å². The highest BCUT2D eigenvalue weighted by atomic mass is 32.2. The van der Waals surface area contributed by atoms with Gasteiger partial charge in [-0.25, -0.2) is 9.59 Å². The highest BCUT2D eigenvalue weighted by molar-refractivity contribution is 7.87. The molecule has 1 fully saturated rings. The minimum Gasteiger partial charge on any atom is -0.460 e. The Morgan fingerprint density at radius 3 is 2.43 bits per heavy atom. The molecule has 10 heteroatoms. The molecule has 1 rings (SSSR count). The molecule has 7 nitrogen and oxygen atoms in total. The third-order valence-corrected chi connectivity index (χ3v) is 4.07. The highest BCUT2D eigenvalue weighted by Gasteiger charge is 2.54. The molecule has 0 spiro atoms. The van der Waals surface area contributed by atoms with Gasteiger partial charge in [0.25, 0.3) is 0 Å². The van der Waals surface area contributed by atoms with Crippen LogP contribution in [0.3, 0.4) is 0 Å². The zero-order chi connectivity index (χ0) is 16.3. The summed E-state index contributed by atoms with van der Waals surface area (Å²) in [6.07, 6.45) is 2.75. The second kappa shape index (κ2) is 6.65. The quantitative estimate of drug-likeness (QED) is 0.574. The van der Waals surface area contributed by atoms with Crippen LogP contribution in [0.1, 0.15) is 32.6 Å². The summed E-state index contributed by atoms with van der Waals surface area (Å²) in [7, 11) is -5.94. The molecule has 1 N–H and O–H groups in total. The zero-order valence-corrected chi connectivity index (χ0v) is 12.1. The summed E-state index contributed by atoms with van der Waals surface area (Å²) in [6, 6.07) is 0. The molecule has 122 valence electrons. The zero-order valence-electron chi connectivity index (χ0n) is 11.3. The fourth-order valence-electron chi connectivity index (χ4n) is 2.04. The van der Waals surface area contributed by atoms with E-state index in [2.05, 4.69) is 4.74 Å². The fourth-order valence-corrected chi connectivity index (χ4v) is 2.31. The molecule has 2 atom stereocenters. The molecular weight excluding hydrogens is 314 g/mol. The van der Waals surface area contributed by atoms with Gasteiger partial charge >= 0.3 is 27.3 Å². The summed E-state index contributed by atoms with van der Waals surface area (Å²) in [6.45, 7) is 0.852. The predicted molar refractivity (Wildman–Crippen MR) is 65.0 cm³/mol. The standard InChI is InChI=1S/C11H16F2O7S/c1-2-7-3-4-8(5-7)20-9(14)6-19-10(15)11(12,13)21(16,17)18/h7-8H,2-6H2,1H3,(H,16,17,18). The van der Waals surface area contributed by atoms with Crippen molar-refractivity contribution in [3.63, 3.8) is 0 Å². The van der Waals surface area contributed by atoms with Gasteiger partial charge in [0.15, 0.2) is 6.61 Å². The van der Waals surface area contributed by atoms with E-state index < -0.39 is 33.9 Å². The Bertz CT molecular complexity index is 503. The first-order chi connectivity index (χ1) is 9.57. The number of carbonyl (C=O) groups is 2. The molecule has 0 heterocycles. The lowest BCUT2D eigenvalue weighted by Gasteiger charge is -2.14. The van der Waals surface area contributed by atoms with Gasteiger partial charge in [-0.05, 0) is 25.2 Å². The Kier molecular flexibility index (Phi) is 5.62. The minimum atomic E-state index is -5.94. The van der Waals surface area contributed by atoms with Crippen LogP contribution in [0, 0.1) is 5.92 Å². The van der Waals surface area contributed by atoms with E-state index in [1.807, 2.05) is 6.92 Å². The van der Waals surface area contributed by atoms with Crippen molar-refractivity contribution in [2.45, 2.75) is 44.0 Å². The van der Waals surface area contributed by atoms with Gasteiger partial charge < -0.3 is 9.47 Å². The van der Waals surface area contributed by atoms with Crippen molar-refractivity contribution in [2.75, 3.05) is 6.61 Å². The molecule has 1 aliphatic rings. The van der Waals surface area contributed by atoms with Crippen LogP contribution in [0.4, 0.5) is 8.78 Å². The number of carbonyl (C=O) groups excluding carboxylic acids is 2. The Balaban J connectivity index is 2.42. The summed E-state index contributed by atoms with van der Waals surface area (Å²) in [5.74, 6) is -3.15. The largest absolute Gasteiger partial charge is 0.465 e. The van der Waals surface area contributed by atoms with Crippen LogP contribution in [0.15, 0.2) is 0 Å². The van der Waals surface area contributed by atoms with E-state index in [0.717, 1.165) is 12.8 Å². The van der Waals surface area contributed by atoms with E-state index in [1.165, 1.54) is 0 Å². The number of alkyl halides is 2. The van der Waals surface area contributed by atoms with Gasteiger partial charge in [-0.15, -0.1) is 0 Å². The van der Waals surface area contributed by atoms with E-state index in [1.54, 1.807) is 0 Å². The molecule has 2 unspecified atom stereocenters. The predicted octanol–water partition coefficient (Wildman–Crippen LogP) is 1.13. The molecule has 1 aliphatic carbocycles. The van der Waals surface area contributed by atoms with E-state index >= 15 is 0 Å². The molecule has 21 heavy (non-hydrogen) atoms. The number of hydrogen-bond donors (Lipinski definition) is 1. The van der Waals surface area contributed by atoms with Crippen LogP contribution >= 0.6 is 0 Å². The molecule has 0 aliphatic heterocycles. The normalized spacial score (nSPS) is 22.9. The summed E-state index contributed by atoms with van der Waals surface area (Å²) in [5.41, 5.74) is 0. The van der Waals surface area contributed by atoms with Crippen molar-refractivity contribution < 1.29 is 40.8 Å². The molecule has 0 aromatic carbocycles. The van der Waals surface area contributed by atoms with Gasteiger partial charge in [0.05, 0.1) is 0 Å². The maximum atomic E-state index is 12.8. The lowest BCUT2D eigenvalue weighted by atomic mass is 10.1. The topological polar surface area (TPSA) is 107 Å². The number of halogens is 2. The maximum Gasteiger partial charge on any atom is 0.465 e. The fraction of sp³-hybridized carbons (Fsp3) is 0.818. The minimum absolute atomic E-state index is 0.358. The van der Waals surface area contributed by atoms with Gasteiger partial charge in [-0.1, -0.05) is 13.3 Å². The van der Waals surface area contributed by atoms with E-state index in [0.29, 0.717) is 18.8 Å². The Morgan fingerprint density at radius 1 is 1.33 bits per heavy atom. The summed E-state index contributed by atoms with van der Waals surface area (Å²) in [4.78, 5) is 22.2. The van der Waals surface area contributed by atoms with Gasteiger partial charge in [0.2, 0.25) is 0 Å². The van der Waals surface area contributed by atoms with Gasteiger partial charge in [-0.2, -0.15) is 17.2 Å².